The molecular weight excluding hydrogens is 526 g/mol. The summed E-state index contributed by atoms with van der Waals surface area (Å²) in [6.45, 7) is 1.70. The Morgan fingerprint density at radius 2 is 1.58 bits per heavy atom. The summed E-state index contributed by atoms with van der Waals surface area (Å²) in [5.74, 6) is -0.122. The molecule has 1 saturated heterocycles. The van der Waals surface area contributed by atoms with Crippen molar-refractivity contribution in [3.63, 3.8) is 0 Å². The SMILES string of the molecule is C[C@H](Oc1cccc(N2C(=O)[C@@H]3[C@@H]4C[C@H]([C@H](Br)[C@@H]4Br)[C@@H]3C2=O)c1)C(=O)c1ccccc1. The van der Waals surface area contributed by atoms with E-state index < -0.39 is 6.10 Å². The summed E-state index contributed by atoms with van der Waals surface area (Å²) in [5, 5.41) is 0. The number of ketones is 1. The van der Waals surface area contributed by atoms with E-state index in [-0.39, 0.29) is 50.9 Å². The van der Waals surface area contributed by atoms with Gasteiger partial charge in [-0.1, -0.05) is 68.3 Å². The molecule has 0 aromatic heterocycles. The molecule has 3 aliphatic rings. The number of alkyl halides is 2. The molecule has 1 heterocycles. The van der Waals surface area contributed by atoms with Crippen LogP contribution in [0, 0.1) is 23.7 Å². The van der Waals surface area contributed by atoms with Gasteiger partial charge in [0.2, 0.25) is 17.6 Å². The zero-order chi connectivity index (χ0) is 21.9. The van der Waals surface area contributed by atoms with Crippen molar-refractivity contribution in [2.24, 2.45) is 23.7 Å². The summed E-state index contributed by atoms with van der Waals surface area (Å²) in [5.41, 5.74) is 1.07. The summed E-state index contributed by atoms with van der Waals surface area (Å²) >= 11 is 7.42. The Kier molecular flexibility index (Phi) is 5.29. The molecule has 2 aromatic rings. The monoisotopic (exact) mass is 545 g/mol. The zero-order valence-electron chi connectivity index (χ0n) is 16.8. The van der Waals surface area contributed by atoms with Gasteiger partial charge in [0, 0.05) is 21.3 Å². The fraction of sp³-hybridized carbons (Fsp3) is 0.375. The Morgan fingerprint density at radius 3 is 2.19 bits per heavy atom. The summed E-state index contributed by atoms with van der Waals surface area (Å²) in [6, 6.07) is 15.9. The van der Waals surface area contributed by atoms with Gasteiger partial charge in [-0.25, -0.2) is 4.90 Å². The number of amides is 2. The fourth-order valence-electron chi connectivity index (χ4n) is 5.39. The van der Waals surface area contributed by atoms with Crippen LogP contribution < -0.4 is 9.64 Å². The Labute approximate surface area is 197 Å². The van der Waals surface area contributed by atoms with Crippen molar-refractivity contribution in [3.05, 3.63) is 60.2 Å². The van der Waals surface area contributed by atoms with E-state index in [0.717, 1.165) is 6.42 Å². The van der Waals surface area contributed by atoms with E-state index in [4.69, 9.17) is 4.74 Å². The Balaban J connectivity index is 1.37. The lowest BCUT2D eigenvalue weighted by atomic mass is 9.81. The van der Waals surface area contributed by atoms with Gasteiger partial charge in [0.25, 0.3) is 0 Å². The predicted octanol–water partition coefficient (Wildman–Crippen LogP) is 4.62. The van der Waals surface area contributed by atoms with Gasteiger partial charge in [0.1, 0.15) is 5.75 Å². The summed E-state index contributed by atoms with van der Waals surface area (Å²) < 4.78 is 5.87. The number of imide groups is 1. The first-order valence-electron chi connectivity index (χ1n) is 10.4. The first-order chi connectivity index (χ1) is 14.9. The van der Waals surface area contributed by atoms with Crippen LogP contribution in [0.3, 0.4) is 0 Å². The molecule has 0 spiro atoms. The highest BCUT2D eigenvalue weighted by atomic mass is 79.9. The minimum atomic E-state index is -0.693. The zero-order valence-corrected chi connectivity index (χ0v) is 20.0. The van der Waals surface area contributed by atoms with Crippen molar-refractivity contribution in [1.82, 2.24) is 0 Å². The largest absolute Gasteiger partial charge is 0.482 e. The highest BCUT2D eigenvalue weighted by Gasteiger charge is 2.66. The summed E-state index contributed by atoms with van der Waals surface area (Å²) in [7, 11) is 0. The summed E-state index contributed by atoms with van der Waals surface area (Å²) in [6.07, 6.45) is 0.204. The third kappa shape index (κ3) is 3.28. The van der Waals surface area contributed by atoms with Gasteiger partial charge < -0.3 is 4.74 Å². The molecule has 2 aliphatic carbocycles. The van der Waals surface area contributed by atoms with E-state index in [0.29, 0.717) is 17.0 Å². The van der Waals surface area contributed by atoms with E-state index in [2.05, 4.69) is 31.9 Å². The number of benzene rings is 2. The molecule has 2 saturated carbocycles. The van der Waals surface area contributed by atoms with Crippen LogP contribution in [0.2, 0.25) is 0 Å². The van der Waals surface area contributed by atoms with Crippen LogP contribution in [0.25, 0.3) is 0 Å². The van der Waals surface area contributed by atoms with Crippen LogP contribution >= 0.6 is 31.9 Å². The smallest absolute Gasteiger partial charge is 0.238 e. The molecule has 7 heteroatoms. The highest BCUT2D eigenvalue weighted by Crippen LogP contribution is 2.60. The molecule has 160 valence electrons. The van der Waals surface area contributed by atoms with Crippen molar-refractivity contribution in [3.8, 4) is 5.75 Å². The maximum atomic E-state index is 13.2. The maximum Gasteiger partial charge on any atom is 0.238 e. The molecule has 7 atom stereocenters. The molecular formula is C24H21Br2NO4. The van der Waals surface area contributed by atoms with Crippen molar-refractivity contribution in [2.45, 2.75) is 29.1 Å². The quantitative estimate of drug-likeness (QED) is 0.312. The minimum Gasteiger partial charge on any atom is -0.482 e. The van der Waals surface area contributed by atoms with Gasteiger partial charge in [-0.2, -0.15) is 0 Å². The van der Waals surface area contributed by atoms with Gasteiger partial charge in [-0.05, 0) is 37.3 Å². The van der Waals surface area contributed by atoms with E-state index in [1.54, 1.807) is 43.3 Å². The summed E-state index contributed by atoms with van der Waals surface area (Å²) in [4.78, 5) is 40.8. The number of hydrogen-bond donors (Lipinski definition) is 0. The maximum absolute atomic E-state index is 13.2. The number of hydrogen-bond acceptors (Lipinski definition) is 4. The van der Waals surface area contributed by atoms with Gasteiger partial charge in [-0.3, -0.25) is 14.4 Å². The normalized spacial score (nSPS) is 32.3. The first kappa shape index (κ1) is 20.9. The number of nitrogens with zero attached hydrogens (tertiary/aromatic N) is 1. The second-order valence-electron chi connectivity index (χ2n) is 8.50. The molecule has 0 unspecified atom stereocenters. The van der Waals surface area contributed by atoms with Crippen molar-refractivity contribution < 1.29 is 19.1 Å². The van der Waals surface area contributed by atoms with Crippen molar-refractivity contribution in [2.75, 3.05) is 4.90 Å². The Morgan fingerprint density at radius 1 is 0.968 bits per heavy atom. The standard InChI is InChI=1S/C24H21Br2NO4/c1-12(22(28)13-6-3-2-4-7-13)31-15-9-5-8-14(10-15)27-23(29)18-16-11-17(19(18)24(27)30)21(26)20(16)25/h2-10,12,16-21H,11H2,1H3/t12-,16-,17-,18-,19+,20-,21+/m0/s1. The van der Waals surface area contributed by atoms with Crippen LogP contribution in [-0.2, 0) is 9.59 Å². The van der Waals surface area contributed by atoms with Crippen LogP contribution in [0.5, 0.6) is 5.75 Å². The van der Waals surface area contributed by atoms with E-state index in [1.165, 1.54) is 4.90 Å². The Bertz CT molecular complexity index is 1030. The average molecular weight is 547 g/mol. The second kappa shape index (κ2) is 7.85. The molecule has 31 heavy (non-hydrogen) atoms. The predicted molar refractivity (Wildman–Crippen MR) is 124 cm³/mol. The number of carbonyl (C=O) groups is 3. The highest BCUT2D eigenvalue weighted by molar-refractivity contribution is 9.12. The molecule has 2 amide bonds. The van der Waals surface area contributed by atoms with Crippen molar-refractivity contribution >= 4 is 55.1 Å². The third-order valence-corrected chi connectivity index (χ3v) is 10.0. The number of Topliss-reactive ketones (excluding diaryl/α,β-unsaturated/α-hetero) is 1. The molecule has 0 N–H and O–H groups in total. The number of anilines is 1. The van der Waals surface area contributed by atoms with Gasteiger partial charge in [0.15, 0.2) is 6.10 Å². The molecule has 2 aromatic carbocycles. The van der Waals surface area contributed by atoms with E-state index >= 15 is 0 Å². The van der Waals surface area contributed by atoms with Gasteiger partial charge in [0.05, 0.1) is 17.5 Å². The number of fused-ring (bicyclic) bond motifs is 5. The van der Waals surface area contributed by atoms with Crippen LogP contribution in [0.15, 0.2) is 54.6 Å². The number of carbonyl (C=O) groups excluding carboxylic acids is 3. The molecule has 1 aliphatic heterocycles. The number of rotatable bonds is 5. The van der Waals surface area contributed by atoms with Gasteiger partial charge in [-0.15, -0.1) is 0 Å². The van der Waals surface area contributed by atoms with Crippen molar-refractivity contribution in [1.29, 1.82) is 0 Å². The van der Waals surface area contributed by atoms with Gasteiger partial charge >= 0.3 is 0 Å². The topological polar surface area (TPSA) is 63.7 Å². The van der Waals surface area contributed by atoms with Crippen LogP contribution in [-0.4, -0.2) is 33.4 Å². The Hall–Kier alpha value is -1.99. The number of ether oxygens (including phenoxy) is 1. The lowest BCUT2D eigenvalue weighted by Gasteiger charge is -2.28. The van der Waals surface area contributed by atoms with Crippen LogP contribution in [0.1, 0.15) is 23.7 Å². The lowest BCUT2D eigenvalue weighted by molar-refractivity contribution is -0.123. The first-order valence-corrected chi connectivity index (χ1v) is 12.2. The van der Waals surface area contributed by atoms with E-state index in [9.17, 15) is 14.4 Å². The van der Waals surface area contributed by atoms with Crippen LogP contribution in [0.4, 0.5) is 5.69 Å². The third-order valence-electron chi connectivity index (χ3n) is 6.80. The molecule has 5 nitrogen and oxygen atoms in total. The molecule has 3 fully saturated rings. The molecule has 2 bridgehead atoms. The molecule has 0 radical (unpaired) electrons. The minimum absolute atomic E-state index is 0.128. The average Bonchev–Trinajstić information content (AvgIpc) is 3.38. The molecule has 5 rings (SSSR count). The fourth-order valence-corrected chi connectivity index (χ4v) is 7.27. The second-order valence-corrected chi connectivity index (χ2v) is 10.6. The number of halogens is 2. The lowest BCUT2D eigenvalue weighted by Crippen LogP contribution is -2.37. The van der Waals surface area contributed by atoms with E-state index in [1.807, 2.05) is 18.2 Å².